The molecule has 2 aliphatic heterocycles. The molecule has 2 aromatic carbocycles. The summed E-state index contributed by atoms with van der Waals surface area (Å²) in [4.78, 5) is 30.4. The Hall–Kier alpha value is -4.16. The summed E-state index contributed by atoms with van der Waals surface area (Å²) in [5.41, 5.74) is 8.61. The third kappa shape index (κ3) is 5.93. The average molecular weight is 682 g/mol. The smallest absolute Gasteiger partial charge is 0.265 e. The van der Waals surface area contributed by atoms with Crippen LogP contribution in [0.5, 0.6) is 5.75 Å². The van der Waals surface area contributed by atoms with Crippen LogP contribution in [-0.2, 0) is 17.9 Å². The van der Waals surface area contributed by atoms with Crippen LogP contribution >= 0.6 is 23.2 Å². The zero-order valence-electron chi connectivity index (χ0n) is 26.1. The van der Waals surface area contributed by atoms with E-state index in [1.807, 2.05) is 17.2 Å². The third-order valence-electron chi connectivity index (χ3n) is 9.66. The number of hydrogen-bond donors (Lipinski definition) is 1. The van der Waals surface area contributed by atoms with Gasteiger partial charge >= 0.3 is 0 Å². The largest absolute Gasteiger partial charge is 0.481 e. The molecule has 2 N–H and O–H groups in total. The fraction of sp³-hybridized carbons (Fsp3) is 0.424. The molecule has 1 aliphatic carbocycles. The Kier molecular flexibility index (Phi) is 8.12. The van der Waals surface area contributed by atoms with Gasteiger partial charge in [-0.25, -0.2) is 9.07 Å². The highest BCUT2D eigenvalue weighted by Crippen LogP contribution is 2.45. The molecule has 11 nitrogen and oxygen atoms in total. The summed E-state index contributed by atoms with van der Waals surface area (Å²) in [5.74, 6) is -0.197. The molecule has 3 aliphatic rings. The maximum atomic E-state index is 14.2. The number of carbonyl (C=O) groups is 2. The first-order valence-electron chi connectivity index (χ1n) is 15.8. The minimum Gasteiger partial charge on any atom is -0.481 e. The van der Waals surface area contributed by atoms with Gasteiger partial charge in [0.05, 0.1) is 58.8 Å². The second-order valence-electron chi connectivity index (χ2n) is 13.1. The number of nitrogens with two attached hydrogens (primary N) is 1. The summed E-state index contributed by atoms with van der Waals surface area (Å²) in [5, 5.41) is 14.4. The maximum Gasteiger partial charge on any atom is 0.265 e. The van der Waals surface area contributed by atoms with E-state index in [0.29, 0.717) is 52.3 Å². The van der Waals surface area contributed by atoms with Crippen LogP contribution in [0.2, 0.25) is 10.0 Å². The predicted octanol–water partition coefficient (Wildman–Crippen LogP) is 5.87. The van der Waals surface area contributed by atoms with Crippen molar-refractivity contribution in [3.8, 4) is 11.4 Å². The summed E-state index contributed by atoms with van der Waals surface area (Å²) >= 11 is 12.7. The number of rotatable bonds is 8. The molecule has 1 saturated carbocycles. The Labute approximate surface area is 281 Å². The van der Waals surface area contributed by atoms with E-state index in [0.717, 1.165) is 31.4 Å². The second-order valence-corrected chi connectivity index (χ2v) is 13.9. The van der Waals surface area contributed by atoms with Crippen LogP contribution in [0.1, 0.15) is 67.2 Å². The molecule has 0 spiro atoms. The van der Waals surface area contributed by atoms with E-state index in [9.17, 15) is 14.0 Å². The Morgan fingerprint density at radius 1 is 1.19 bits per heavy atom. The van der Waals surface area contributed by atoms with E-state index in [1.165, 1.54) is 17.0 Å². The zero-order valence-corrected chi connectivity index (χ0v) is 27.6. The number of nitrogens with zero attached hydrogens (tertiary/aromatic N) is 7. The number of anilines is 2. The molecule has 1 atom stereocenters. The second kappa shape index (κ2) is 12.1. The van der Waals surface area contributed by atoms with Crippen molar-refractivity contribution >= 4 is 46.4 Å². The molecule has 2 amide bonds. The number of hydrogen-bond acceptors (Lipinski definition) is 7. The molecule has 14 heteroatoms. The lowest BCUT2D eigenvalue weighted by Gasteiger charge is -2.45. The van der Waals surface area contributed by atoms with Gasteiger partial charge in [-0.2, -0.15) is 5.10 Å². The first-order chi connectivity index (χ1) is 22.5. The molecule has 0 radical (unpaired) electrons. The third-order valence-corrected chi connectivity index (χ3v) is 10.2. The van der Waals surface area contributed by atoms with Crippen LogP contribution in [0.15, 0.2) is 42.7 Å². The minimum absolute atomic E-state index is 0.0348. The molecule has 2 fully saturated rings. The Morgan fingerprint density at radius 2 is 2.00 bits per heavy atom. The predicted molar refractivity (Wildman–Crippen MR) is 175 cm³/mol. The average Bonchev–Trinajstić information content (AvgIpc) is 3.63. The van der Waals surface area contributed by atoms with Gasteiger partial charge in [0.25, 0.3) is 11.8 Å². The quantitative estimate of drug-likeness (QED) is 0.231. The number of piperidine rings is 1. The summed E-state index contributed by atoms with van der Waals surface area (Å²) in [7, 11) is 0. The summed E-state index contributed by atoms with van der Waals surface area (Å²) in [6.45, 7) is 6.02. The van der Waals surface area contributed by atoms with Crippen molar-refractivity contribution in [2.24, 2.45) is 11.3 Å². The maximum absolute atomic E-state index is 14.2. The molecule has 1 unspecified atom stereocenters. The van der Waals surface area contributed by atoms with E-state index >= 15 is 0 Å². The highest BCUT2D eigenvalue weighted by molar-refractivity contribution is 6.35. The molecular weight excluding hydrogens is 646 g/mol. The summed E-state index contributed by atoms with van der Waals surface area (Å²) in [6.07, 6.45) is 7.24. The van der Waals surface area contributed by atoms with Crippen molar-refractivity contribution in [2.75, 3.05) is 30.3 Å². The van der Waals surface area contributed by atoms with Crippen LogP contribution < -0.4 is 15.4 Å². The molecular formula is C33H35Cl2FN8O3. The van der Waals surface area contributed by atoms with E-state index in [1.54, 1.807) is 27.7 Å². The number of nitrogen functional groups attached to an aromatic ring is 1. The van der Waals surface area contributed by atoms with Gasteiger partial charge in [-0.3, -0.25) is 19.2 Å². The SMILES string of the molecule is CC(C)C1(Cn2cc(CN3C(=O)COc4cc(F)c(N)cc43)nn2)CCCN(C(=O)c2cnn(-c3ccc(Cl)cc3Cl)c2C2CC2)C1. The van der Waals surface area contributed by atoms with Crippen LogP contribution in [-0.4, -0.2) is 61.2 Å². The Balaban J connectivity index is 1.11. The molecule has 1 saturated heterocycles. The molecule has 0 bridgehead atoms. The molecule has 2 aromatic heterocycles. The highest BCUT2D eigenvalue weighted by Gasteiger charge is 2.42. The summed E-state index contributed by atoms with van der Waals surface area (Å²) < 4.78 is 23.1. The van der Waals surface area contributed by atoms with E-state index in [4.69, 9.17) is 33.7 Å². The minimum atomic E-state index is -0.605. The van der Waals surface area contributed by atoms with Crippen molar-refractivity contribution in [3.05, 3.63) is 75.5 Å². The van der Waals surface area contributed by atoms with Crippen LogP contribution in [0.3, 0.4) is 0 Å². The van der Waals surface area contributed by atoms with Crippen molar-refractivity contribution in [1.29, 1.82) is 0 Å². The number of carbonyl (C=O) groups excluding carboxylic acids is 2. The molecule has 4 heterocycles. The fourth-order valence-corrected chi connectivity index (χ4v) is 7.28. The van der Waals surface area contributed by atoms with E-state index in [-0.39, 0.29) is 53.7 Å². The lowest BCUT2D eigenvalue weighted by atomic mass is 9.71. The summed E-state index contributed by atoms with van der Waals surface area (Å²) in [6, 6.07) is 7.88. The van der Waals surface area contributed by atoms with Gasteiger partial charge < -0.3 is 15.4 Å². The number of benzene rings is 2. The van der Waals surface area contributed by atoms with Gasteiger partial charge in [0.15, 0.2) is 6.61 Å². The van der Waals surface area contributed by atoms with E-state index in [2.05, 4.69) is 29.3 Å². The molecule has 4 aromatic rings. The first-order valence-corrected chi connectivity index (χ1v) is 16.5. The number of halogens is 3. The highest BCUT2D eigenvalue weighted by atomic mass is 35.5. The van der Waals surface area contributed by atoms with Gasteiger partial charge in [0, 0.05) is 35.5 Å². The van der Waals surface area contributed by atoms with Crippen molar-refractivity contribution in [1.82, 2.24) is 29.7 Å². The normalized spacial score (nSPS) is 19.7. The van der Waals surface area contributed by atoms with Crippen molar-refractivity contribution in [2.45, 2.75) is 58.5 Å². The van der Waals surface area contributed by atoms with Crippen LogP contribution in [0.25, 0.3) is 5.69 Å². The number of likely N-dealkylation sites (tertiary alicyclic amines) is 1. The number of fused-ring (bicyclic) bond motifs is 1. The zero-order chi connectivity index (χ0) is 33.0. The van der Waals surface area contributed by atoms with Gasteiger partial charge in [-0.1, -0.05) is 42.3 Å². The molecule has 7 rings (SSSR count). The van der Waals surface area contributed by atoms with Crippen molar-refractivity contribution < 1.29 is 18.7 Å². The standard InChI is InChI=1S/C33H35Cl2FN8O3/c1-19(2)33(18-42-14-22(39-40-42)15-43-28-12-26(37)25(36)11-29(28)47-16-30(43)45)8-3-9-41(17-33)32(46)23-13-38-44(31(23)20-4-5-20)27-7-6-21(34)10-24(27)35/h6-7,10-14,19-20H,3-5,8-9,15-18,37H2,1-2H3. The Bertz CT molecular complexity index is 1870. The number of aromatic nitrogens is 5. The van der Waals surface area contributed by atoms with Crippen molar-refractivity contribution in [3.63, 3.8) is 0 Å². The fourth-order valence-electron chi connectivity index (χ4n) is 6.79. The molecule has 47 heavy (non-hydrogen) atoms. The topological polar surface area (TPSA) is 124 Å². The van der Waals surface area contributed by atoms with Gasteiger partial charge in [-0.15, -0.1) is 5.10 Å². The van der Waals surface area contributed by atoms with Gasteiger partial charge in [0.2, 0.25) is 0 Å². The lowest BCUT2D eigenvalue weighted by Crippen LogP contribution is -2.50. The molecule has 246 valence electrons. The van der Waals surface area contributed by atoms with Crippen LogP contribution in [0.4, 0.5) is 15.8 Å². The first kappa shape index (κ1) is 31.4. The van der Waals surface area contributed by atoms with Crippen LogP contribution in [0, 0.1) is 17.2 Å². The van der Waals surface area contributed by atoms with Gasteiger partial charge in [-0.05, 0) is 55.9 Å². The van der Waals surface area contributed by atoms with E-state index < -0.39 is 5.82 Å². The number of ether oxygens (including phenoxy) is 1. The van der Waals surface area contributed by atoms with Gasteiger partial charge in [0.1, 0.15) is 17.3 Å². The number of amides is 2. The Morgan fingerprint density at radius 3 is 2.74 bits per heavy atom. The monoisotopic (exact) mass is 680 g/mol. The lowest BCUT2D eigenvalue weighted by molar-refractivity contribution is -0.121.